The minimum Gasteiger partial charge on any atom is -0.493 e. The summed E-state index contributed by atoms with van der Waals surface area (Å²) in [7, 11) is 3.34. The number of carbonyl (C=O) groups excluding carboxylic acids is 1. The van der Waals surface area contributed by atoms with Crippen molar-refractivity contribution in [2.75, 3.05) is 27.3 Å². The van der Waals surface area contributed by atoms with Gasteiger partial charge in [-0.25, -0.2) is 9.50 Å². The summed E-state index contributed by atoms with van der Waals surface area (Å²) in [5.74, 6) is 2.06. The van der Waals surface area contributed by atoms with Gasteiger partial charge >= 0.3 is 0 Å². The molecule has 37 heavy (non-hydrogen) atoms. The van der Waals surface area contributed by atoms with Gasteiger partial charge in [0.1, 0.15) is 11.9 Å². The highest BCUT2D eigenvalue weighted by Crippen LogP contribution is 2.33. The van der Waals surface area contributed by atoms with E-state index >= 15 is 0 Å². The molecule has 1 atom stereocenters. The lowest BCUT2D eigenvalue weighted by molar-refractivity contribution is 0.0927. The first kappa shape index (κ1) is 24.6. The van der Waals surface area contributed by atoms with Crippen molar-refractivity contribution in [2.45, 2.75) is 32.5 Å². The van der Waals surface area contributed by atoms with E-state index in [2.05, 4.69) is 44.6 Å². The van der Waals surface area contributed by atoms with Gasteiger partial charge in [-0.3, -0.25) is 9.69 Å². The number of fused-ring (bicyclic) bond motifs is 2. The van der Waals surface area contributed by atoms with Crippen molar-refractivity contribution in [3.63, 3.8) is 0 Å². The summed E-state index contributed by atoms with van der Waals surface area (Å²) in [5.41, 5.74) is 4.70. The standard InChI is InChI=1S/C28H31N5O4/c1-19(16-30-28(34)24-15-27-29-9-5-10-33(27)31-24)37-23-7-4-6-20(12-23)17-32-11-8-21-13-25(35-2)26(36-3)14-22(21)18-32/h4-7,9-10,12-15,19H,8,11,16-18H2,1-3H3,(H,30,34)/t19-/m0/s1. The summed E-state index contributed by atoms with van der Waals surface area (Å²) < 4.78 is 18.6. The SMILES string of the molecule is COc1cc2c(cc1OC)CN(Cc1cccc(O[C@@H](C)CNC(=O)c3cc4ncccn4n3)c1)CC2. The van der Waals surface area contributed by atoms with Crippen LogP contribution in [0.5, 0.6) is 17.2 Å². The van der Waals surface area contributed by atoms with Crippen molar-refractivity contribution >= 4 is 11.6 Å². The van der Waals surface area contributed by atoms with Gasteiger partial charge in [-0.05, 0) is 60.4 Å². The molecule has 5 rings (SSSR count). The lowest BCUT2D eigenvalue weighted by Gasteiger charge is -2.29. The van der Waals surface area contributed by atoms with Crippen molar-refractivity contribution in [3.05, 3.63) is 83.3 Å². The van der Waals surface area contributed by atoms with Crippen LogP contribution in [0.15, 0.2) is 60.9 Å². The molecule has 9 nitrogen and oxygen atoms in total. The summed E-state index contributed by atoms with van der Waals surface area (Å²) in [5, 5.41) is 7.15. The molecule has 0 radical (unpaired) electrons. The Morgan fingerprint density at radius 2 is 1.89 bits per heavy atom. The van der Waals surface area contributed by atoms with Gasteiger partial charge in [-0.1, -0.05) is 12.1 Å². The highest BCUT2D eigenvalue weighted by molar-refractivity contribution is 5.93. The molecule has 0 saturated heterocycles. The lowest BCUT2D eigenvalue weighted by Crippen LogP contribution is -2.33. The second-order valence-electron chi connectivity index (χ2n) is 9.17. The monoisotopic (exact) mass is 501 g/mol. The van der Waals surface area contributed by atoms with E-state index in [1.165, 1.54) is 16.7 Å². The first-order chi connectivity index (χ1) is 18.0. The lowest BCUT2D eigenvalue weighted by atomic mass is 9.98. The minimum atomic E-state index is -0.255. The molecule has 2 aromatic heterocycles. The Morgan fingerprint density at radius 1 is 1.08 bits per heavy atom. The number of ether oxygens (including phenoxy) is 3. The van der Waals surface area contributed by atoms with Crippen LogP contribution in [-0.4, -0.2) is 58.8 Å². The molecule has 0 bridgehead atoms. The number of hydrogen-bond donors (Lipinski definition) is 1. The first-order valence-electron chi connectivity index (χ1n) is 12.3. The number of aromatic nitrogens is 3. The summed E-state index contributed by atoms with van der Waals surface area (Å²) in [6.07, 6.45) is 4.18. The van der Waals surface area contributed by atoms with Crippen molar-refractivity contribution in [1.29, 1.82) is 0 Å². The smallest absolute Gasteiger partial charge is 0.272 e. The van der Waals surface area contributed by atoms with Crippen LogP contribution in [-0.2, 0) is 19.5 Å². The zero-order valence-corrected chi connectivity index (χ0v) is 21.3. The number of nitrogens with zero attached hydrogens (tertiary/aromatic N) is 4. The van der Waals surface area contributed by atoms with E-state index < -0.39 is 0 Å². The van der Waals surface area contributed by atoms with E-state index in [-0.39, 0.29) is 12.0 Å². The van der Waals surface area contributed by atoms with Gasteiger partial charge in [0.05, 0.1) is 20.8 Å². The number of rotatable bonds is 9. The fraction of sp³-hybridized carbons (Fsp3) is 0.321. The van der Waals surface area contributed by atoms with E-state index in [0.717, 1.165) is 43.3 Å². The van der Waals surface area contributed by atoms with Gasteiger partial charge < -0.3 is 19.5 Å². The first-order valence-corrected chi connectivity index (χ1v) is 12.3. The molecule has 1 N–H and O–H groups in total. The highest BCUT2D eigenvalue weighted by Gasteiger charge is 2.20. The summed E-state index contributed by atoms with van der Waals surface area (Å²) in [4.78, 5) is 19.1. The highest BCUT2D eigenvalue weighted by atomic mass is 16.5. The molecule has 0 aliphatic carbocycles. The molecular weight excluding hydrogens is 470 g/mol. The third-order valence-corrected chi connectivity index (χ3v) is 6.46. The quantitative estimate of drug-likeness (QED) is 0.375. The van der Waals surface area contributed by atoms with E-state index in [4.69, 9.17) is 14.2 Å². The zero-order chi connectivity index (χ0) is 25.8. The third kappa shape index (κ3) is 5.67. The zero-order valence-electron chi connectivity index (χ0n) is 21.3. The summed E-state index contributed by atoms with van der Waals surface area (Å²) in [6.45, 7) is 4.92. The molecular formula is C28H31N5O4. The normalized spacial score (nSPS) is 14.1. The van der Waals surface area contributed by atoms with Gasteiger partial charge in [-0.15, -0.1) is 0 Å². The Labute approximate surface area is 216 Å². The molecule has 2 aromatic carbocycles. The van der Waals surface area contributed by atoms with Crippen LogP contribution in [0.4, 0.5) is 0 Å². The van der Waals surface area contributed by atoms with Crippen LogP contribution in [0.3, 0.4) is 0 Å². The number of nitrogens with one attached hydrogen (secondary N) is 1. The van der Waals surface area contributed by atoms with Crippen molar-refractivity contribution in [3.8, 4) is 17.2 Å². The Hall–Kier alpha value is -4.11. The predicted octanol–water partition coefficient (Wildman–Crippen LogP) is 3.50. The number of benzene rings is 2. The average Bonchev–Trinajstić information content (AvgIpc) is 3.35. The summed E-state index contributed by atoms with van der Waals surface area (Å²) in [6, 6.07) is 15.7. The maximum Gasteiger partial charge on any atom is 0.272 e. The van der Waals surface area contributed by atoms with Crippen molar-refractivity contribution < 1.29 is 19.0 Å². The van der Waals surface area contributed by atoms with Gasteiger partial charge in [0, 0.05) is 38.1 Å². The fourth-order valence-electron chi connectivity index (χ4n) is 4.59. The van der Waals surface area contributed by atoms with Gasteiger partial charge in [-0.2, -0.15) is 5.10 Å². The van der Waals surface area contributed by atoms with Gasteiger partial charge in [0.15, 0.2) is 22.8 Å². The molecule has 1 aliphatic rings. The molecule has 1 amide bonds. The van der Waals surface area contributed by atoms with Gasteiger partial charge in [0.2, 0.25) is 0 Å². The van der Waals surface area contributed by atoms with Crippen LogP contribution in [0.1, 0.15) is 34.1 Å². The van der Waals surface area contributed by atoms with Crippen molar-refractivity contribution in [2.24, 2.45) is 0 Å². The van der Waals surface area contributed by atoms with E-state index in [0.29, 0.717) is 17.9 Å². The summed E-state index contributed by atoms with van der Waals surface area (Å²) >= 11 is 0. The minimum absolute atomic E-state index is 0.210. The number of carbonyl (C=O) groups is 1. The van der Waals surface area contributed by atoms with Crippen LogP contribution in [0, 0.1) is 0 Å². The molecule has 0 saturated carbocycles. The number of amides is 1. The van der Waals surface area contributed by atoms with Crippen LogP contribution in [0.2, 0.25) is 0 Å². The molecule has 0 unspecified atom stereocenters. The average molecular weight is 502 g/mol. The second kappa shape index (κ2) is 10.9. The molecule has 4 aromatic rings. The largest absolute Gasteiger partial charge is 0.493 e. The van der Waals surface area contributed by atoms with E-state index in [1.54, 1.807) is 43.3 Å². The van der Waals surface area contributed by atoms with E-state index in [9.17, 15) is 4.79 Å². The third-order valence-electron chi connectivity index (χ3n) is 6.46. The fourth-order valence-corrected chi connectivity index (χ4v) is 4.59. The molecule has 0 spiro atoms. The molecule has 1 aliphatic heterocycles. The van der Waals surface area contributed by atoms with Crippen LogP contribution >= 0.6 is 0 Å². The topological polar surface area (TPSA) is 90.2 Å². The maximum absolute atomic E-state index is 12.5. The van der Waals surface area contributed by atoms with Gasteiger partial charge in [0.25, 0.3) is 5.91 Å². The van der Waals surface area contributed by atoms with Crippen LogP contribution < -0.4 is 19.5 Å². The predicted molar refractivity (Wildman–Crippen MR) is 139 cm³/mol. The Bertz CT molecular complexity index is 1370. The Morgan fingerprint density at radius 3 is 2.68 bits per heavy atom. The van der Waals surface area contributed by atoms with Crippen molar-refractivity contribution in [1.82, 2.24) is 24.8 Å². The maximum atomic E-state index is 12.5. The molecule has 0 fully saturated rings. The molecule has 3 heterocycles. The molecule has 9 heteroatoms. The van der Waals surface area contributed by atoms with Crippen LogP contribution in [0.25, 0.3) is 5.65 Å². The second-order valence-corrected chi connectivity index (χ2v) is 9.17. The number of methoxy groups -OCH3 is 2. The Balaban J connectivity index is 1.16. The number of hydrogen-bond acceptors (Lipinski definition) is 7. The van der Waals surface area contributed by atoms with E-state index in [1.807, 2.05) is 19.1 Å². The Kier molecular flexibility index (Phi) is 7.23. The molecule has 192 valence electrons.